The molecule has 0 fully saturated rings. The number of pyridine rings is 1. The van der Waals surface area contributed by atoms with Gasteiger partial charge < -0.3 is 10.6 Å². The average Bonchev–Trinajstić information content (AvgIpc) is 2.88. The summed E-state index contributed by atoms with van der Waals surface area (Å²) in [4.78, 5) is 25.8. The van der Waals surface area contributed by atoms with Crippen LogP contribution in [-0.2, 0) is 6.54 Å². The third-order valence-electron chi connectivity index (χ3n) is 5.32. The lowest BCUT2D eigenvalue weighted by Crippen LogP contribution is -2.13. The molecule has 33 heavy (non-hydrogen) atoms. The van der Waals surface area contributed by atoms with E-state index in [2.05, 4.69) is 37.7 Å². The number of benzene rings is 3. The Kier molecular flexibility index (Phi) is 5.72. The molecule has 0 aliphatic rings. The summed E-state index contributed by atoms with van der Waals surface area (Å²) in [5.74, 6) is 0.205. The highest BCUT2D eigenvalue weighted by Gasteiger charge is 2.12. The van der Waals surface area contributed by atoms with Gasteiger partial charge in [0.05, 0.1) is 16.8 Å². The normalized spacial score (nSPS) is 10.7. The Balaban J connectivity index is 1.30. The standard InChI is InChI=1S/C27H21N5O/c33-27(23-14-15-28-24-9-5-4-8-22(23)24)32-26-16-25(30-18-31-26)20-10-12-21(13-11-20)29-17-19-6-2-1-3-7-19/h1-16,18,29H,17H2,(H,30,31,32,33). The summed E-state index contributed by atoms with van der Waals surface area (Å²) in [5.41, 5.74) is 5.24. The van der Waals surface area contributed by atoms with E-state index in [1.54, 1.807) is 18.3 Å². The maximum atomic E-state index is 12.9. The van der Waals surface area contributed by atoms with Crippen molar-refractivity contribution in [2.75, 3.05) is 10.6 Å². The molecule has 2 aromatic heterocycles. The van der Waals surface area contributed by atoms with Crippen LogP contribution in [0.5, 0.6) is 0 Å². The van der Waals surface area contributed by atoms with Crippen molar-refractivity contribution in [2.24, 2.45) is 0 Å². The molecule has 3 aromatic carbocycles. The zero-order valence-corrected chi connectivity index (χ0v) is 17.8. The summed E-state index contributed by atoms with van der Waals surface area (Å²) in [6, 6.07) is 29.3. The smallest absolute Gasteiger partial charge is 0.257 e. The number of nitrogens with zero attached hydrogens (tertiary/aromatic N) is 3. The van der Waals surface area contributed by atoms with Crippen LogP contribution in [0.3, 0.4) is 0 Å². The molecule has 6 heteroatoms. The van der Waals surface area contributed by atoms with Crippen molar-refractivity contribution in [3.05, 3.63) is 115 Å². The Morgan fingerprint density at radius 2 is 1.58 bits per heavy atom. The maximum absolute atomic E-state index is 12.9. The molecule has 160 valence electrons. The summed E-state index contributed by atoms with van der Waals surface area (Å²) in [6.07, 6.45) is 3.09. The average molecular weight is 431 g/mol. The van der Waals surface area contributed by atoms with Crippen LogP contribution in [0.2, 0.25) is 0 Å². The Labute approximate surface area is 191 Å². The van der Waals surface area contributed by atoms with Crippen molar-refractivity contribution in [2.45, 2.75) is 6.54 Å². The van der Waals surface area contributed by atoms with E-state index in [0.29, 0.717) is 11.4 Å². The summed E-state index contributed by atoms with van der Waals surface area (Å²) >= 11 is 0. The predicted octanol–water partition coefficient (Wildman–Crippen LogP) is 5.56. The van der Waals surface area contributed by atoms with Gasteiger partial charge in [0.1, 0.15) is 12.1 Å². The summed E-state index contributed by atoms with van der Waals surface area (Å²) in [5, 5.41) is 7.09. The Morgan fingerprint density at radius 3 is 2.42 bits per heavy atom. The van der Waals surface area contributed by atoms with Gasteiger partial charge in [-0.15, -0.1) is 0 Å². The molecule has 5 aromatic rings. The molecule has 0 bridgehead atoms. The second-order valence-electron chi connectivity index (χ2n) is 7.53. The van der Waals surface area contributed by atoms with E-state index in [1.165, 1.54) is 11.9 Å². The highest BCUT2D eigenvalue weighted by molar-refractivity contribution is 6.12. The van der Waals surface area contributed by atoms with Crippen LogP contribution in [0.4, 0.5) is 11.5 Å². The SMILES string of the molecule is O=C(Nc1cc(-c2ccc(NCc3ccccc3)cc2)ncn1)c1ccnc2ccccc12. The van der Waals surface area contributed by atoms with Crippen molar-refractivity contribution in [3.63, 3.8) is 0 Å². The molecule has 0 saturated heterocycles. The predicted molar refractivity (Wildman–Crippen MR) is 131 cm³/mol. The largest absolute Gasteiger partial charge is 0.381 e. The molecule has 0 unspecified atom stereocenters. The van der Waals surface area contributed by atoms with E-state index < -0.39 is 0 Å². The third kappa shape index (κ3) is 4.70. The second-order valence-corrected chi connectivity index (χ2v) is 7.53. The number of nitrogens with one attached hydrogen (secondary N) is 2. The lowest BCUT2D eigenvalue weighted by Gasteiger charge is -2.09. The zero-order chi connectivity index (χ0) is 22.5. The monoisotopic (exact) mass is 431 g/mol. The number of carbonyl (C=O) groups excluding carboxylic acids is 1. The number of para-hydroxylation sites is 1. The van der Waals surface area contributed by atoms with E-state index in [4.69, 9.17) is 0 Å². The fourth-order valence-electron chi connectivity index (χ4n) is 3.62. The van der Waals surface area contributed by atoms with Gasteiger partial charge in [-0.25, -0.2) is 9.97 Å². The number of carbonyl (C=O) groups is 1. The molecule has 2 heterocycles. The van der Waals surface area contributed by atoms with Gasteiger partial charge in [-0.1, -0.05) is 60.7 Å². The minimum Gasteiger partial charge on any atom is -0.381 e. The molecular weight excluding hydrogens is 410 g/mol. The van der Waals surface area contributed by atoms with Gasteiger partial charge in [0.15, 0.2) is 0 Å². The number of aromatic nitrogens is 3. The maximum Gasteiger partial charge on any atom is 0.257 e. The first-order valence-electron chi connectivity index (χ1n) is 10.6. The summed E-state index contributed by atoms with van der Waals surface area (Å²) in [6.45, 7) is 0.758. The highest BCUT2D eigenvalue weighted by atomic mass is 16.1. The molecular formula is C27H21N5O. The Bertz CT molecular complexity index is 1400. The molecule has 0 aliphatic carbocycles. The van der Waals surface area contributed by atoms with E-state index in [1.807, 2.05) is 66.7 Å². The fourth-order valence-corrected chi connectivity index (χ4v) is 3.62. The second kappa shape index (κ2) is 9.28. The molecule has 1 amide bonds. The topological polar surface area (TPSA) is 79.8 Å². The molecule has 0 atom stereocenters. The Hall–Kier alpha value is -4.58. The number of hydrogen-bond acceptors (Lipinski definition) is 5. The van der Waals surface area contributed by atoms with Crippen LogP contribution in [-0.4, -0.2) is 20.9 Å². The first-order chi connectivity index (χ1) is 16.3. The van der Waals surface area contributed by atoms with Gasteiger partial charge in [-0.3, -0.25) is 9.78 Å². The number of amides is 1. The van der Waals surface area contributed by atoms with Crippen LogP contribution >= 0.6 is 0 Å². The van der Waals surface area contributed by atoms with E-state index >= 15 is 0 Å². The van der Waals surface area contributed by atoms with E-state index in [0.717, 1.165) is 34.4 Å². The van der Waals surface area contributed by atoms with Gasteiger partial charge >= 0.3 is 0 Å². The van der Waals surface area contributed by atoms with Crippen molar-refractivity contribution >= 4 is 28.3 Å². The fraction of sp³-hybridized carbons (Fsp3) is 0.0370. The minimum atomic E-state index is -0.237. The van der Waals surface area contributed by atoms with Crippen LogP contribution in [0, 0.1) is 0 Å². The van der Waals surface area contributed by atoms with Crippen molar-refractivity contribution in [3.8, 4) is 11.3 Å². The quantitative estimate of drug-likeness (QED) is 0.368. The minimum absolute atomic E-state index is 0.237. The first-order valence-corrected chi connectivity index (χ1v) is 10.6. The van der Waals surface area contributed by atoms with Gasteiger partial charge in [0, 0.05) is 35.4 Å². The molecule has 0 saturated carbocycles. The van der Waals surface area contributed by atoms with Gasteiger partial charge in [0.2, 0.25) is 0 Å². The zero-order valence-electron chi connectivity index (χ0n) is 17.8. The Morgan fingerprint density at radius 1 is 0.788 bits per heavy atom. The van der Waals surface area contributed by atoms with Gasteiger partial charge in [-0.05, 0) is 29.8 Å². The molecule has 0 spiro atoms. The third-order valence-corrected chi connectivity index (χ3v) is 5.32. The van der Waals surface area contributed by atoms with Crippen LogP contribution < -0.4 is 10.6 Å². The number of rotatable bonds is 6. The van der Waals surface area contributed by atoms with Gasteiger partial charge in [-0.2, -0.15) is 0 Å². The molecule has 6 nitrogen and oxygen atoms in total. The summed E-state index contributed by atoms with van der Waals surface area (Å²) < 4.78 is 0. The number of hydrogen-bond donors (Lipinski definition) is 2. The number of anilines is 2. The van der Waals surface area contributed by atoms with Crippen molar-refractivity contribution < 1.29 is 4.79 Å². The van der Waals surface area contributed by atoms with E-state index in [-0.39, 0.29) is 5.91 Å². The molecule has 0 aliphatic heterocycles. The van der Waals surface area contributed by atoms with Crippen molar-refractivity contribution in [1.82, 2.24) is 15.0 Å². The van der Waals surface area contributed by atoms with Crippen molar-refractivity contribution in [1.29, 1.82) is 0 Å². The van der Waals surface area contributed by atoms with E-state index in [9.17, 15) is 4.79 Å². The summed E-state index contributed by atoms with van der Waals surface area (Å²) in [7, 11) is 0. The van der Waals surface area contributed by atoms with Crippen LogP contribution in [0.1, 0.15) is 15.9 Å². The van der Waals surface area contributed by atoms with Crippen LogP contribution in [0.25, 0.3) is 22.2 Å². The molecule has 0 radical (unpaired) electrons. The highest BCUT2D eigenvalue weighted by Crippen LogP contribution is 2.22. The lowest BCUT2D eigenvalue weighted by molar-refractivity contribution is 0.102. The van der Waals surface area contributed by atoms with Gasteiger partial charge in [0.25, 0.3) is 5.91 Å². The molecule has 2 N–H and O–H groups in total. The van der Waals surface area contributed by atoms with Crippen LogP contribution in [0.15, 0.2) is 104 Å². The lowest BCUT2D eigenvalue weighted by atomic mass is 10.1. The number of fused-ring (bicyclic) bond motifs is 1. The first kappa shape index (κ1) is 20.3. The molecule has 5 rings (SSSR count).